The van der Waals surface area contributed by atoms with Gasteiger partial charge in [-0.05, 0) is 24.0 Å². The molecule has 0 aliphatic carbocycles. The topological polar surface area (TPSA) is 40.6 Å². The Morgan fingerprint density at radius 2 is 0.944 bits per heavy atom. The lowest BCUT2D eigenvalue weighted by Gasteiger charge is -2.25. The number of rotatable bonds is 10. The van der Waals surface area contributed by atoms with Crippen molar-refractivity contribution in [2.75, 3.05) is 13.1 Å². The van der Waals surface area contributed by atoms with Crippen molar-refractivity contribution in [3.05, 3.63) is 81.9 Å². The van der Waals surface area contributed by atoms with E-state index in [1.165, 1.54) is 48.5 Å². The largest absolute Gasteiger partial charge is 0.307 e. The van der Waals surface area contributed by atoms with Crippen molar-refractivity contribution in [3.63, 3.8) is 0 Å². The van der Waals surface area contributed by atoms with E-state index >= 15 is 0 Å². The highest BCUT2D eigenvalue weighted by atomic mass is 19.3. The van der Waals surface area contributed by atoms with Crippen molar-refractivity contribution in [3.8, 4) is 0 Å². The summed E-state index contributed by atoms with van der Waals surface area (Å²) in [6.07, 6.45) is -2.25. The van der Waals surface area contributed by atoms with E-state index in [1.54, 1.807) is 9.80 Å². The van der Waals surface area contributed by atoms with Crippen molar-refractivity contribution >= 4 is 23.2 Å². The van der Waals surface area contributed by atoms with Crippen molar-refractivity contribution in [1.82, 2.24) is 9.80 Å². The molecule has 2 aromatic rings. The van der Waals surface area contributed by atoms with E-state index in [2.05, 4.69) is 0 Å². The molecule has 4 nitrogen and oxygen atoms in total. The summed E-state index contributed by atoms with van der Waals surface area (Å²) in [5.41, 5.74) is 2.03. The molecule has 2 aliphatic heterocycles. The third kappa shape index (κ3) is 4.56. The highest BCUT2D eigenvalue weighted by Crippen LogP contribution is 2.47. The number of carbonyl (C=O) groups excluding carboxylic acids is 2. The number of unbranched alkanes of at least 4 members (excludes halogenated alkanes) is 2. The van der Waals surface area contributed by atoms with E-state index in [0.717, 1.165) is 12.8 Å². The van der Waals surface area contributed by atoms with Gasteiger partial charge >= 0.3 is 0 Å². The number of carbonyl (C=O) groups is 2. The average Bonchev–Trinajstić information content (AvgIpc) is 3.32. The number of halogens is 4. The summed E-state index contributed by atoms with van der Waals surface area (Å²) in [6, 6.07) is 11.3. The van der Waals surface area contributed by atoms with Gasteiger partial charge in [-0.3, -0.25) is 9.59 Å². The minimum Gasteiger partial charge on any atom is -0.307 e. The molecule has 0 spiro atoms. The van der Waals surface area contributed by atoms with Crippen LogP contribution < -0.4 is 0 Å². The van der Waals surface area contributed by atoms with Crippen molar-refractivity contribution < 1.29 is 27.2 Å². The van der Waals surface area contributed by atoms with Crippen LogP contribution in [0, 0.1) is 0 Å². The molecule has 0 atom stereocenters. The first-order chi connectivity index (χ1) is 17.3. The average molecular weight is 501 g/mol. The summed E-state index contributed by atoms with van der Waals surface area (Å²) < 4.78 is 52.6. The summed E-state index contributed by atoms with van der Waals surface area (Å²) in [4.78, 5) is 30.7. The molecule has 2 aromatic carbocycles. The molecule has 0 aromatic heterocycles. The van der Waals surface area contributed by atoms with E-state index in [4.69, 9.17) is 0 Å². The molecule has 2 amide bonds. The molecule has 36 heavy (non-hydrogen) atoms. The third-order valence-corrected chi connectivity index (χ3v) is 6.52. The molecule has 0 fully saturated rings. The molecule has 8 heteroatoms. The van der Waals surface area contributed by atoms with Gasteiger partial charge in [-0.1, -0.05) is 75.2 Å². The van der Waals surface area contributed by atoms with Gasteiger partial charge in [0.1, 0.15) is 0 Å². The molecule has 0 bridgehead atoms. The molecular formula is C28H28F4N2O2. The fourth-order valence-corrected chi connectivity index (χ4v) is 4.63. The van der Waals surface area contributed by atoms with Crippen LogP contribution in [-0.4, -0.2) is 34.7 Å². The van der Waals surface area contributed by atoms with Gasteiger partial charge in [-0.2, -0.15) is 0 Å². The summed E-state index contributed by atoms with van der Waals surface area (Å²) in [5.74, 6) is -0.682. The van der Waals surface area contributed by atoms with Crippen LogP contribution in [0.25, 0.3) is 11.4 Å². The predicted octanol–water partition coefficient (Wildman–Crippen LogP) is 6.97. The number of hydrogen-bond donors (Lipinski definition) is 0. The molecule has 2 aliphatic rings. The van der Waals surface area contributed by atoms with Gasteiger partial charge in [0.05, 0.1) is 22.5 Å². The van der Waals surface area contributed by atoms with E-state index in [-0.39, 0.29) is 34.1 Å². The van der Waals surface area contributed by atoms with Gasteiger partial charge in [-0.25, -0.2) is 17.6 Å². The zero-order valence-corrected chi connectivity index (χ0v) is 20.2. The molecule has 0 saturated carbocycles. The SMILES string of the molecule is CCCCN1C(=O)C2=C(c3ccc(C(F)F)cc3)N(CCCC)C(=O)C2=C1c1ccc(C(F)F)cc1. The van der Waals surface area contributed by atoms with Gasteiger partial charge in [0, 0.05) is 24.2 Å². The number of alkyl halides is 4. The normalized spacial score (nSPS) is 15.9. The van der Waals surface area contributed by atoms with Crippen molar-refractivity contribution in [2.45, 2.75) is 52.4 Å². The Hall–Kier alpha value is -3.42. The fraction of sp³-hybridized carbons (Fsp3) is 0.357. The van der Waals surface area contributed by atoms with Crippen LogP contribution in [0.5, 0.6) is 0 Å². The third-order valence-electron chi connectivity index (χ3n) is 6.52. The Kier molecular flexibility index (Phi) is 7.62. The van der Waals surface area contributed by atoms with Gasteiger partial charge in [0.2, 0.25) is 0 Å². The smallest absolute Gasteiger partial charge is 0.263 e. The molecule has 0 radical (unpaired) electrons. The van der Waals surface area contributed by atoms with Crippen LogP contribution in [0.15, 0.2) is 59.7 Å². The lowest BCUT2D eigenvalue weighted by molar-refractivity contribution is -0.124. The van der Waals surface area contributed by atoms with Gasteiger partial charge in [-0.15, -0.1) is 0 Å². The fourth-order valence-electron chi connectivity index (χ4n) is 4.63. The van der Waals surface area contributed by atoms with Crippen LogP contribution in [-0.2, 0) is 9.59 Å². The quantitative estimate of drug-likeness (QED) is 0.331. The number of amides is 2. The lowest BCUT2D eigenvalue weighted by atomic mass is 10.0. The Morgan fingerprint density at radius 1 is 0.611 bits per heavy atom. The molecular weight excluding hydrogens is 472 g/mol. The van der Waals surface area contributed by atoms with Crippen LogP contribution in [0.1, 0.15) is 74.6 Å². The maximum Gasteiger partial charge on any atom is 0.263 e. The predicted molar refractivity (Wildman–Crippen MR) is 130 cm³/mol. The first-order valence-electron chi connectivity index (χ1n) is 12.2. The van der Waals surface area contributed by atoms with Gasteiger partial charge in [0.15, 0.2) is 0 Å². The second kappa shape index (κ2) is 10.7. The van der Waals surface area contributed by atoms with Crippen LogP contribution in [0.2, 0.25) is 0 Å². The highest BCUT2D eigenvalue weighted by Gasteiger charge is 2.48. The second-order valence-electron chi connectivity index (χ2n) is 8.91. The Balaban J connectivity index is 1.92. The van der Waals surface area contributed by atoms with Crippen molar-refractivity contribution in [1.29, 1.82) is 0 Å². The minimum atomic E-state index is -2.63. The number of benzene rings is 2. The monoisotopic (exact) mass is 500 g/mol. The Morgan fingerprint density at radius 3 is 1.22 bits per heavy atom. The standard InChI is InChI=1S/C28H28F4N2O2/c1-3-5-15-33-23(17-7-11-19(12-8-17)25(29)30)21-22(27(33)35)24(34(28(21)36)16-6-4-2)18-9-13-20(14-10-18)26(31)32/h7-14,25-26H,3-6,15-16H2,1-2H3. The first-order valence-corrected chi connectivity index (χ1v) is 12.2. The molecule has 2 heterocycles. The maximum absolute atomic E-state index is 13.8. The second-order valence-corrected chi connectivity index (χ2v) is 8.91. The number of nitrogens with zero attached hydrogens (tertiary/aromatic N) is 2. The van der Waals surface area contributed by atoms with E-state index < -0.39 is 12.9 Å². The Labute approximate surface area is 207 Å². The summed E-state index contributed by atoms with van der Waals surface area (Å²) in [6.45, 7) is 4.71. The number of hydrogen-bond acceptors (Lipinski definition) is 2. The van der Waals surface area contributed by atoms with E-state index in [9.17, 15) is 27.2 Å². The summed E-state index contributed by atoms with van der Waals surface area (Å²) >= 11 is 0. The van der Waals surface area contributed by atoms with Crippen LogP contribution in [0.3, 0.4) is 0 Å². The van der Waals surface area contributed by atoms with Crippen LogP contribution in [0.4, 0.5) is 17.6 Å². The maximum atomic E-state index is 13.8. The minimum absolute atomic E-state index is 0.147. The number of fused-ring (bicyclic) bond motifs is 1. The van der Waals surface area contributed by atoms with E-state index in [1.807, 2.05) is 13.8 Å². The first kappa shape index (κ1) is 25.7. The van der Waals surface area contributed by atoms with Crippen molar-refractivity contribution in [2.24, 2.45) is 0 Å². The lowest BCUT2D eigenvalue weighted by Crippen LogP contribution is -2.31. The van der Waals surface area contributed by atoms with E-state index in [0.29, 0.717) is 48.5 Å². The molecule has 0 unspecified atom stereocenters. The van der Waals surface area contributed by atoms with Gasteiger partial charge in [0.25, 0.3) is 24.7 Å². The zero-order chi connectivity index (χ0) is 26.0. The molecule has 0 saturated heterocycles. The summed E-state index contributed by atoms with van der Waals surface area (Å²) in [5, 5.41) is 0. The highest BCUT2D eigenvalue weighted by molar-refractivity contribution is 6.30. The Bertz CT molecular complexity index is 1110. The van der Waals surface area contributed by atoms with Gasteiger partial charge < -0.3 is 9.80 Å². The summed E-state index contributed by atoms with van der Waals surface area (Å²) in [7, 11) is 0. The molecule has 4 rings (SSSR count). The molecule has 190 valence electrons. The zero-order valence-electron chi connectivity index (χ0n) is 20.2. The van der Waals surface area contributed by atoms with Crippen LogP contribution >= 0.6 is 0 Å². The molecule has 0 N–H and O–H groups in total.